The largest absolute Gasteiger partial charge is 0.490 e. The predicted molar refractivity (Wildman–Crippen MR) is 74.3 cm³/mol. The molecule has 0 N–H and O–H groups in total. The second-order valence-electron chi connectivity index (χ2n) is 5.06. The summed E-state index contributed by atoms with van der Waals surface area (Å²) in [6, 6.07) is 3.40. The summed E-state index contributed by atoms with van der Waals surface area (Å²) in [5, 5.41) is 0. The first kappa shape index (κ1) is 13.9. The van der Waals surface area contributed by atoms with E-state index in [4.69, 9.17) is 9.47 Å². The van der Waals surface area contributed by atoms with Crippen LogP contribution < -0.4 is 9.47 Å². The van der Waals surface area contributed by atoms with E-state index in [0.717, 1.165) is 0 Å². The van der Waals surface area contributed by atoms with Crippen molar-refractivity contribution in [2.45, 2.75) is 32.6 Å². The monoisotopic (exact) mass is 264 g/mol. The highest BCUT2D eigenvalue weighted by Crippen LogP contribution is 2.30. The molecule has 0 aromatic heterocycles. The van der Waals surface area contributed by atoms with E-state index in [2.05, 4.69) is 6.58 Å². The van der Waals surface area contributed by atoms with E-state index in [1.165, 1.54) is 25.7 Å². The second-order valence-corrected chi connectivity index (χ2v) is 5.06. The maximum Gasteiger partial charge on any atom is 0.171 e. The van der Waals surface area contributed by atoms with Gasteiger partial charge in [0.1, 0.15) is 12.4 Å². The van der Waals surface area contributed by atoms with Crippen LogP contribution in [-0.2, 0) is 0 Å². The molecule has 0 unspecified atom stereocenters. The van der Waals surface area contributed by atoms with Gasteiger partial charge >= 0.3 is 0 Å². The summed E-state index contributed by atoms with van der Waals surface area (Å²) in [4.78, 5) is 0. The highest BCUT2D eigenvalue weighted by molar-refractivity contribution is 5.41. The standard InChI is InChI=1S/C16H21FO2/c1-3-10-18-14-8-9-15(16(17)12(14)2)19-11-13-6-4-5-7-13/h3,8-9,13H,1,4-7,10-11H2,2H3. The molecule has 0 aliphatic heterocycles. The van der Waals surface area contributed by atoms with Gasteiger partial charge in [-0.25, -0.2) is 4.39 Å². The minimum absolute atomic E-state index is 0.320. The quantitative estimate of drug-likeness (QED) is 0.714. The zero-order chi connectivity index (χ0) is 13.7. The molecule has 0 saturated heterocycles. The van der Waals surface area contributed by atoms with Gasteiger partial charge < -0.3 is 9.47 Å². The smallest absolute Gasteiger partial charge is 0.171 e. The van der Waals surface area contributed by atoms with E-state index < -0.39 is 0 Å². The van der Waals surface area contributed by atoms with Crippen molar-refractivity contribution in [3.8, 4) is 11.5 Å². The summed E-state index contributed by atoms with van der Waals surface area (Å²) >= 11 is 0. The maximum absolute atomic E-state index is 14.1. The minimum Gasteiger partial charge on any atom is -0.490 e. The van der Waals surface area contributed by atoms with Crippen molar-refractivity contribution in [3.63, 3.8) is 0 Å². The molecule has 0 spiro atoms. The second kappa shape index (κ2) is 6.60. The molecule has 1 aromatic rings. The van der Waals surface area contributed by atoms with Crippen molar-refractivity contribution in [2.24, 2.45) is 5.92 Å². The van der Waals surface area contributed by atoms with Gasteiger partial charge in [0.15, 0.2) is 11.6 Å². The molecule has 1 saturated carbocycles. The topological polar surface area (TPSA) is 18.5 Å². The molecule has 1 fully saturated rings. The Morgan fingerprint density at radius 2 is 1.95 bits per heavy atom. The van der Waals surface area contributed by atoms with E-state index in [1.807, 2.05) is 0 Å². The third-order valence-electron chi connectivity index (χ3n) is 3.61. The molecule has 1 aliphatic rings. The van der Waals surface area contributed by atoms with Crippen LogP contribution >= 0.6 is 0 Å². The van der Waals surface area contributed by atoms with Crippen LogP contribution in [-0.4, -0.2) is 13.2 Å². The molecule has 0 radical (unpaired) electrons. The van der Waals surface area contributed by atoms with Crippen LogP contribution in [0.1, 0.15) is 31.2 Å². The van der Waals surface area contributed by atoms with E-state index in [1.54, 1.807) is 25.1 Å². The van der Waals surface area contributed by atoms with Gasteiger partial charge in [-0.15, -0.1) is 0 Å². The van der Waals surface area contributed by atoms with Crippen LogP contribution in [0.15, 0.2) is 24.8 Å². The SMILES string of the molecule is C=CCOc1ccc(OCC2CCCC2)c(F)c1C. The van der Waals surface area contributed by atoms with Crippen molar-refractivity contribution in [2.75, 3.05) is 13.2 Å². The van der Waals surface area contributed by atoms with Gasteiger partial charge in [0.25, 0.3) is 0 Å². The van der Waals surface area contributed by atoms with Crippen molar-refractivity contribution < 1.29 is 13.9 Å². The lowest BCUT2D eigenvalue weighted by Gasteiger charge is -2.14. The van der Waals surface area contributed by atoms with Gasteiger partial charge in [0.05, 0.1) is 6.61 Å². The maximum atomic E-state index is 14.1. The van der Waals surface area contributed by atoms with Crippen LogP contribution in [0, 0.1) is 18.7 Å². The van der Waals surface area contributed by atoms with Crippen LogP contribution in [0.3, 0.4) is 0 Å². The molecular weight excluding hydrogens is 243 g/mol. The summed E-state index contributed by atoms with van der Waals surface area (Å²) in [7, 11) is 0. The number of rotatable bonds is 6. The Balaban J connectivity index is 2.00. The van der Waals surface area contributed by atoms with Crippen molar-refractivity contribution in [3.05, 3.63) is 36.2 Å². The molecule has 3 heteroatoms. The molecule has 19 heavy (non-hydrogen) atoms. The van der Waals surface area contributed by atoms with Crippen molar-refractivity contribution in [1.82, 2.24) is 0 Å². The molecule has 0 heterocycles. The Kier molecular flexibility index (Phi) is 4.83. The van der Waals surface area contributed by atoms with Gasteiger partial charge in [-0.05, 0) is 37.8 Å². The average molecular weight is 264 g/mol. The molecule has 0 bridgehead atoms. The third kappa shape index (κ3) is 3.49. The zero-order valence-electron chi connectivity index (χ0n) is 11.5. The summed E-state index contributed by atoms with van der Waals surface area (Å²) in [6.45, 7) is 6.27. The van der Waals surface area contributed by atoms with E-state index in [9.17, 15) is 4.39 Å². The van der Waals surface area contributed by atoms with E-state index in [0.29, 0.717) is 36.2 Å². The molecular formula is C16H21FO2. The van der Waals surface area contributed by atoms with Crippen LogP contribution in [0.4, 0.5) is 4.39 Å². The Hall–Kier alpha value is -1.51. The van der Waals surface area contributed by atoms with Crippen molar-refractivity contribution in [1.29, 1.82) is 0 Å². The van der Waals surface area contributed by atoms with Gasteiger partial charge in [-0.1, -0.05) is 25.5 Å². The van der Waals surface area contributed by atoms with Crippen LogP contribution in [0.2, 0.25) is 0 Å². The van der Waals surface area contributed by atoms with Crippen LogP contribution in [0.25, 0.3) is 0 Å². The fraction of sp³-hybridized carbons (Fsp3) is 0.500. The summed E-state index contributed by atoms with van der Waals surface area (Å²) in [5.41, 5.74) is 0.491. The summed E-state index contributed by atoms with van der Waals surface area (Å²) in [6.07, 6.45) is 6.57. The Morgan fingerprint density at radius 3 is 2.63 bits per heavy atom. The van der Waals surface area contributed by atoms with Crippen LogP contribution in [0.5, 0.6) is 11.5 Å². The van der Waals surface area contributed by atoms with E-state index in [-0.39, 0.29) is 5.82 Å². The lowest BCUT2D eigenvalue weighted by molar-refractivity contribution is 0.240. The first-order chi connectivity index (χ1) is 9.22. The molecule has 0 amide bonds. The minimum atomic E-state index is -0.320. The molecule has 1 aliphatic carbocycles. The number of halogens is 1. The fourth-order valence-electron chi connectivity index (χ4n) is 2.44. The normalized spacial score (nSPS) is 15.5. The van der Waals surface area contributed by atoms with Gasteiger partial charge in [-0.3, -0.25) is 0 Å². The molecule has 2 nitrogen and oxygen atoms in total. The predicted octanol–water partition coefficient (Wildman–Crippen LogP) is 4.27. The summed E-state index contributed by atoms with van der Waals surface area (Å²) < 4.78 is 25.1. The number of hydrogen-bond acceptors (Lipinski definition) is 2. The zero-order valence-corrected chi connectivity index (χ0v) is 11.5. The molecule has 2 rings (SSSR count). The molecule has 104 valence electrons. The average Bonchev–Trinajstić information content (AvgIpc) is 2.92. The Labute approximate surface area is 114 Å². The third-order valence-corrected chi connectivity index (χ3v) is 3.61. The molecule has 1 aromatic carbocycles. The highest BCUT2D eigenvalue weighted by Gasteiger charge is 2.17. The van der Waals surface area contributed by atoms with Gasteiger partial charge in [0, 0.05) is 5.56 Å². The first-order valence-corrected chi connectivity index (χ1v) is 6.88. The fourth-order valence-corrected chi connectivity index (χ4v) is 2.44. The Morgan fingerprint density at radius 1 is 1.26 bits per heavy atom. The van der Waals surface area contributed by atoms with Gasteiger partial charge in [-0.2, -0.15) is 0 Å². The Bertz CT molecular complexity index is 437. The molecule has 0 atom stereocenters. The van der Waals surface area contributed by atoms with Gasteiger partial charge in [0.2, 0.25) is 0 Å². The number of benzene rings is 1. The number of ether oxygens (including phenoxy) is 2. The first-order valence-electron chi connectivity index (χ1n) is 6.88. The summed E-state index contributed by atoms with van der Waals surface area (Å²) in [5.74, 6) is 1.14. The lowest BCUT2D eigenvalue weighted by atomic mass is 10.1. The van der Waals surface area contributed by atoms with Crippen molar-refractivity contribution >= 4 is 0 Å². The number of hydrogen-bond donors (Lipinski definition) is 0. The lowest BCUT2D eigenvalue weighted by Crippen LogP contribution is -2.09. The van der Waals surface area contributed by atoms with E-state index >= 15 is 0 Å². The highest BCUT2D eigenvalue weighted by atomic mass is 19.1.